The zero-order valence-electron chi connectivity index (χ0n) is 15.9. The van der Waals surface area contributed by atoms with Gasteiger partial charge >= 0.3 is 5.63 Å². The fourth-order valence-corrected chi connectivity index (χ4v) is 3.76. The van der Waals surface area contributed by atoms with Crippen molar-refractivity contribution in [1.29, 1.82) is 0 Å². The van der Waals surface area contributed by atoms with E-state index in [0.717, 1.165) is 10.9 Å². The van der Waals surface area contributed by atoms with Gasteiger partial charge in [0.25, 0.3) is 0 Å². The Morgan fingerprint density at radius 1 is 0.900 bits per heavy atom. The van der Waals surface area contributed by atoms with Gasteiger partial charge < -0.3 is 8.83 Å². The molecule has 0 atom stereocenters. The minimum atomic E-state index is -0.505. The van der Waals surface area contributed by atoms with Gasteiger partial charge in [-0.2, -0.15) is 0 Å². The average molecular weight is 398 g/mol. The fraction of sp³-hybridized carbons (Fsp3) is 0.0400. The third-order valence-electron chi connectivity index (χ3n) is 5.13. The van der Waals surface area contributed by atoms with Crippen molar-refractivity contribution in [1.82, 2.24) is 0 Å². The van der Waals surface area contributed by atoms with Gasteiger partial charge in [-0.3, -0.25) is 4.79 Å². The van der Waals surface area contributed by atoms with E-state index < -0.39 is 11.4 Å². The van der Waals surface area contributed by atoms with Crippen LogP contribution in [-0.4, -0.2) is 5.78 Å². The number of hydrogen-bond donors (Lipinski definition) is 0. The third-order valence-corrected chi connectivity index (χ3v) is 5.13. The second-order valence-corrected chi connectivity index (χ2v) is 7.08. The standard InChI is InChI=1S/C25H15FO4/c1-14-12-20(27)30-24-18(14)10-11-19-22(24)21(16-8-5-9-17(26)13-16)25(29-19)23(28)15-6-3-2-4-7-15/h2-13H,1H3. The molecule has 0 aliphatic heterocycles. The molecule has 0 radical (unpaired) electrons. The molecule has 0 amide bonds. The lowest BCUT2D eigenvalue weighted by Crippen LogP contribution is -2.01. The van der Waals surface area contributed by atoms with E-state index in [9.17, 15) is 14.0 Å². The van der Waals surface area contributed by atoms with Crippen molar-refractivity contribution < 1.29 is 18.0 Å². The maximum atomic E-state index is 14.1. The Morgan fingerprint density at radius 3 is 2.47 bits per heavy atom. The minimum absolute atomic E-state index is 0.0680. The second-order valence-electron chi connectivity index (χ2n) is 7.08. The Hall–Kier alpha value is -3.99. The molecule has 0 aliphatic rings. The van der Waals surface area contributed by atoms with Crippen LogP contribution in [0.5, 0.6) is 0 Å². The van der Waals surface area contributed by atoms with Crippen LogP contribution < -0.4 is 5.63 Å². The average Bonchev–Trinajstić information content (AvgIpc) is 3.14. The Morgan fingerprint density at radius 2 is 1.70 bits per heavy atom. The maximum Gasteiger partial charge on any atom is 0.336 e. The van der Waals surface area contributed by atoms with E-state index in [1.807, 2.05) is 13.0 Å². The predicted octanol–water partition coefficient (Wildman–Crippen LogP) is 5.88. The molecule has 0 N–H and O–H groups in total. The van der Waals surface area contributed by atoms with Gasteiger partial charge in [0.1, 0.15) is 17.0 Å². The van der Waals surface area contributed by atoms with Crippen molar-refractivity contribution in [3.8, 4) is 11.1 Å². The zero-order chi connectivity index (χ0) is 20.8. The summed E-state index contributed by atoms with van der Waals surface area (Å²) in [5.41, 5.74) is 2.24. The number of aryl methyl sites for hydroxylation is 1. The van der Waals surface area contributed by atoms with Crippen LogP contribution in [0, 0.1) is 12.7 Å². The first-order valence-corrected chi connectivity index (χ1v) is 9.38. The zero-order valence-corrected chi connectivity index (χ0v) is 15.9. The van der Waals surface area contributed by atoms with Crippen LogP contribution in [0.2, 0.25) is 0 Å². The molecule has 0 aliphatic carbocycles. The van der Waals surface area contributed by atoms with Gasteiger partial charge in [-0.05, 0) is 42.3 Å². The lowest BCUT2D eigenvalue weighted by atomic mass is 9.96. The summed E-state index contributed by atoms with van der Waals surface area (Å²) in [6.07, 6.45) is 0. The number of hydrogen-bond acceptors (Lipinski definition) is 4. The summed E-state index contributed by atoms with van der Waals surface area (Å²) in [4.78, 5) is 25.4. The molecule has 3 aromatic carbocycles. The van der Waals surface area contributed by atoms with Gasteiger partial charge in [-0.15, -0.1) is 0 Å². The molecule has 5 aromatic rings. The van der Waals surface area contributed by atoms with Crippen molar-refractivity contribution in [2.45, 2.75) is 6.92 Å². The van der Waals surface area contributed by atoms with Crippen LogP contribution in [0.4, 0.5) is 4.39 Å². The van der Waals surface area contributed by atoms with E-state index in [0.29, 0.717) is 33.2 Å². The number of benzene rings is 3. The van der Waals surface area contributed by atoms with Crippen LogP contribution in [0.1, 0.15) is 21.7 Å². The van der Waals surface area contributed by atoms with Crippen molar-refractivity contribution in [2.75, 3.05) is 0 Å². The number of ketones is 1. The molecule has 4 nitrogen and oxygen atoms in total. The van der Waals surface area contributed by atoms with E-state index in [2.05, 4.69) is 0 Å². The number of halogens is 1. The molecule has 0 unspecified atom stereocenters. The highest BCUT2D eigenvalue weighted by Crippen LogP contribution is 2.40. The lowest BCUT2D eigenvalue weighted by Gasteiger charge is -2.06. The smallest absolute Gasteiger partial charge is 0.336 e. The molecule has 2 heterocycles. The van der Waals surface area contributed by atoms with Gasteiger partial charge in [-0.1, -0.05) is 42.5 Å². The maximum absolute atomic E-state index is 14.1. The van der Waals surface area contributed by atoms with Crippen molar-refractivity contribution in [3.63, 3.8) is 0 Å². The summed E-state index contributed by atoms with van der Waals surface area (Å²) in [6.45, 7) is 1.81. The molecule has 2 aromatic heterocycles. The van der Waals surface area contributed by atoms with Gasteiger partial charge in [0.05, 0.1) is 5.39 Å². The molecule has 0 saturated heterocycles. The first-order valence-electron chi connectivity index (χ1n) is 9.38. The SMILES string of the molecule is Cc1cc(=O)oc2c1ccc1oc(C(=O)c3ccccc3)c(-c3cccc(F)c3)c12. The largest absolute Gasteiger partial charge is 0.452 e. The van der Waals surface area contributed by atoms with E-state index in [4.69, 9.17) is 8.83 Å². The summed E-state index contributed by atoms with van der Waals surface area (Å²) in [5.74, 6) is -0.717. The highest BCUT2D eigenvalue weighted by atomic mass is 19.1. The van der Waals surface area contributed by atoms with Gasteiger partial charge in [0.15, 0.2) is 5.76 Å². The topological polar surface area (TPSA) is 60.4 Å². The Kier molecular flexibility index (Phi) is 4.10. The predicted molar refractivity (Wildman–Crippen MR) is 112 cm³/mol. The highest BCUT2D eigenvalue weighted by Gasteiger charge is 2.26. The monoisotopic (exact) mass is 398 g/mol. The molecule has 146 valence electrons. The Bertz CT molecular complexity index is 1490. The number of carbonyl (C=O) groups excluding carboxylic acids is 1. The van der Waals surface area contributed by atoms with E-state index >= 15 is 0 Å². The fourth-order valence-electron chi connectivity index (χ4n) is 3.76. The first-order chi connectivity index (χ1) is 14.5. The van der Waals surface area contributed by atoms with Crippen LogP contribution in [0.25, 0.3) is 33.1 Å². The summed E-state index contributed by atoms with van der Waals surface area (Å²) in [5, 5.41) is 1.19. The van der Waals surface area contributed by atoms with Crippen molar-refractivity contribution >= 4 is 27.7 Å². The quantitative estimate of drug-likeness (QED) is 0.281. The molecule has 5 rings (SSSR count). The number of furan rings is 1. The third kappa shape index (κ3) is 2.83. The molecular weight excluding hydrogens is 383 g/mol. The van der Waals surface area contributed by atoms with Crippen molar-refractivity contribution in [2.24, 2.45) is 0 Å². The van der Waals surface area contributed by atoms with Gasteiger partial charge in [-0.25, -0.2) is 9.18 Å². The van der Waals surface area contributed by atoms with E-state index in [-0.39, 0.29) is 11.5 Å². The molecular formula is C25H15FO4. The van der Waals surface area contributed by atoms with Gasteiger partial charge in [0.2, 0.25) is 5.78 Å². The number of fused-ring (bicyclic) bond motifs is 3. The number of carbonyl (C=O) groups is 1. The normalized spacial score (nSPS) is 11.3. The summed E-state index contributed by atoms with van der Waals surface area (Å²) < 4.78 is 25.6. The van der Waals surface area contributed by atoms with Crippen LogP contribution in [0.15, 0.2) is 86.4 Å². The molecule has 0 spiro atoms. The molecule has 5 heteroatoms. The lowest BCUT2D eigenvalue weighted by molar-refractivity contribution is 0.101. The Labute approximate surface area is 170 Å². The highest BCUT2D eigenvalue weighted by molar-refractivity contribution is 6.20. The minimum Gasteiger partial charge on any atom is -0.452 e. The molecule has 0 saturated carbocycles. The molecule has 0 fully saturated rings. The first kappa shape index (κ1) is 18.1. The molecule has 0 bridgehead atoms. The van der Waals surface area contributed by atoms with Crippen molar-refractivity contribution in [3.05, 3.63) is 106 Å². The van der Waals surface area contributed by atoms with Crippen LogP contribution in [-0.2, 0) is 0 Å². The second kappa shape index (κ2) is 6.81. The summed E-state index contributed by atoms with van der Waals surface area (Å²) in [6, 6.07) is 19.5. The van der Waals surface area contributed by atoms with Crippen LogP contribution >= 0.6 is 0 Å². The summed E-state index contributed by atoms with van der Waals surface area (Å²) >= 11 is 0. The van der Waals surface area contributed by atoms with Gasteiger partial charge in [0, 0.05) is 22.6 Å². The summed E-state index contributed by atoms with van der Waals surface area (Å²) in [7, 11) is 0. The number of rotatable bonds is 3. The van der Waals surface area contributed by atoms with E-state index in [1.165, 1.54) is 18.2 Å². The Balaban J connectivity index is 1.93. The molecule has 30 heavy (non-hydrogen) atoms. The van der Waals surface area contributed by atoms with Crippen LogP contribution in [0.3, 0.4) is 0 Å². The van der Waals surface area contributed by atoms with E-state index in [1.54, 1.807) is 48.5 Å².